The van der Waals surface area contributed by atoms with Gasteiger partial charge in [0.2, 0.25) is 5.95 Å². The van der Waals surface area contributed by atoms with E-state index in [4.69, 9.17) is 14.5 Å². The molecule has 1 aliphatic heterocycles. The Morgan fingerprint density at radius 1 is 0.915 bits per heavy atom. The van der Waals surface area contributed by atoms with Crippen LogP contribution in [0, 0.1) is 6.92 Å². The van der Waals surface area contributed by atoms with Crippen molar-refractivity contribution in [2.45, 2.75) is 26.4 Å². The Hall–Kier alpha value is -5.55. The molecule has 1 atom stereocenters. The molecule has 2 N–H and O–H groups in total. The molecule has 1 fully saturated rings. The lowest BCUT2D eigenvalue weighted by Crippen LogP contribution is -2.55. The molecule has 7 rings (SSSR count). The predicted molar refractivity (Wildman–Crippen MR) is 181 cm³/mol. The van der Waals surface area contributed by atoms with Gasteiger partial charge in [0, 0.05) is 43.2 Å². The fourth-order valence-electron chi connectivity index (χ4n) is 5.64. The molecule has 3 aliphatic rings. The van der Waals surface area contributed by atoms with Gasteiger partial charge in [-0.2, -0.15) is 4.98 Å². The fourth-order valence-corrected chi connectivity index (χ4v) is 5.64. The van der Waals surface area contributed by atoms with Crippen molar-refractivity contribution in [2.24, 2.45) is 0 Å². The number of aryl methyl sites for hydroxylation is 1. The van der Waals surface area contributed by atoms with Crippen LogP contribution in [0.4, 0.5) is 5.95 Å². The van der Waals surface area contributed by atoms with Crippen molar-refractivity contribution in [1.82, 2.24) is 25.2 Å². The topological polar surface area (TPSA) is 128 Å². The van der Waals surface area contributed by atoms with Crippen LogP contribution in [0.25, 0.3) is 27.8 Å². The average Bonchev–Trinajstić information content (AvgIpc) is 3.08. The highest BCUT2D eigenvalue weighted by Gasteiger charge is 2.29. The molecule has 3 heterocycles. The number of ketones is 1. The Kier molecular flexibility index (Phi) is 8.99. The highest BCUT2D eigenvalue weighted by molar-refractivity contribution is 5.94. The molecule has 11 heteroatoms. The summed E-state index contributed by atoms with van der Waals surface area (Å²) in [5, 5.41) is 6.87. The van der Waals surface area contributed by atoms with Crippen molar-refractivity contribution in [2.75, 3.05) is 38.8 Å². The monoisotopic (exact) mass is 632 g/mol. The van der Waals surface area contributed by atoms with E-state index in [1.54, 1.807) is 57.5 Å². The van der Waals surface area contributed by atoms with Crippen molar-refractivity contribution in [3.8, 4) is 28.3 Å². The number of methoxy groups -OCH3 is 2. The lowest BCUT2D eigenvalue weighted by Gasteiger charge is -2.34. The number of nitrogens with one attached hydrogen (secondary N) is 2. The van der Waals surface area contributed by atoms with E-state index < -0.39 is 0 Å². The first-order valence-corrected chi connectivity index (χ1v) is 15.4. The molecular formula is C36H36N6O5. The van der Waals surface area contributed by atoms with Crippen molar-refractivity contribution >= 4 is 28.7 Å². The van der Waals surface area contributed by atoms with Crippen LogP contribution < -0.4 is 30.6 Å². The first-order valence-electron chi connectivity index (χ1n) is 15.4. The number of benzene rings is 3. The number of nitrogens with zero attached hydrogens (tertiary/aromatic N) is 4. The van der Waals surface area contributed by atoms with Crippen LogP contribution in [0.3, 0.4) is 0 Å². The third-order valence-corrected chi connectivity index (χ3v) is 8.41. The minimum Gasteiger partial charge on any atom is -0.493 e. The number of Topliss-reactive ketones (excluding diaryl/α,β-unsaturated/α-hetero) is 1. The normalized spacial score (nSPS) is 14.6. The largest absolute Gasteiger partial charge is 0.493 e. The molecule has 1 amide bonds. The van der Waals surface area contributed by atoms with E-state index in [-0.39, 0.29) is 23.3 Å². The van der Waals surface area contributed by atoms with Crippen LogP contribution in [0.2, 0.25) is 0 Å². The molecule has 2 aliphatic carbocycles. The minimum atomic E-state index is -0.388. The summed E-state index contributed by atoms with van der Waals surface area (Å²) in [5.41, 5.74) is 5.58. The number of rotatable bonds is 8. The fraction of sp³-hybridized carbons (Fsp3) is 0.250. The van der Waals surface area contributed by atoms with Gasteiger partial charge in [-0.15, -0.1) is 0 Å². The number of carbonyl (C=O) groups is 2. The second-order valence-electron chi connectivity index (χ2n) is 11.4. The molecule has 0 saturated carbocycles. The zero-order valence-corrected chi connectivity index (χ0v) is 26.7. The Morgan fingerprint density at radius 2 is 1.62 bits per heavy atom. The predicted octanol–water partition coefficient (Wildman–Crippen LogP) is 4.07. The number of aromatic nitrogens is 3. The summed E-state index contributed by atoms with van der Waals surface area (Å²) in [6.07, 6.45) is 0. The van der Waals surface area contributed by atoms with Gasteiger partial charge in [0.1, 0.15) is 6.04 Å². The third kappa shape index (κ3) is 6.43. The van der Waals surface area contributed by atoms with Gasteiger partial charge in [-0.05, 0) is 73.0 Å². The number of amides is 1. The van der Waals surface area contributed by atoms with E-state index in [9.17, 15) is 14.4 Å². The second kappa shape index (κ2) is 13.4. The van der Waals surface area contributed by atoms with E-state index in [1.165, 1.54) is 21.8 Å². The Labute approximate surface area is 272 Å². The SMILES string of the molecule is COc1ccc(CNC(=O)c2ccc(-n3c(=O)ccc4c(C)nc(N5CCNCC5C(C)=O)nc43)cc2)cc1OC.c1cc2ccc1-2. The van der Waals surface area contributed by atoms with Gasteiger partial charge in [0.25, 0.3) is 11.5 Å². The summed E-state index contributed by atoms with van der Waals surface area (Å²) in [6, 6.07) is 23.5. The molecule has 0 spiro atoms. The van der Waals surface area contributed by atoms with Gasteiger partial charge in [0.15, 0.2) is 22.9 Å². The van der Waals surface area contributed by atoms with Crippen LogP contribution in [-0.4, -0.2) is 66.1 Å². The van der Waals surface area contributed by atoms with Crippen molar-refractivity contribution in [3.05, 3.63) is 106 Å². The average molecular weight is 633 g/mol. The highest BCUT2D eigenvalue weighted by atomic mass is 16.5. The molecule has 47 heavy (non-hydrogen) atoms. The van der Waals surface area contributed by atoms with Crippen LogP contribution in [0.5, 0.6) is 11.5 Å². The van der Waals surface area contributed by atoms with Gasteiger partial charge in [-0.1, -0.05) is 30.3 Å². The van der Waals surface area contributed by atoms with Gasteiger partial charge < -0.3 is 25.0 Å². The summed E-state index contributed by atoms with van der Waals surface area (Å²) in [5.74, 6) is 1.36. The third-order valence-electron chi connectivity index (χ3n) is 8.41. The van der Waals surface area contributed by atoms with Crippen molar-refractivity contribution in [1.29, 1.82) is 0 Å². The smallest absolute Gasteiger partial charge is 0.256 e. The van der Waals surface area contributed by atoms with E-state index >= 15 is 0 Å². The molecule has 2 aromatic carbocycles. The van der Waals surface area contributed by atoms with Crippen LogP contribution in [0.15, 0.2) is 83.7 Å². The molecule has 1 unspecified atom stereocenters. The minimum absolute atomic E-state index is 0.0176. The number of anilines is 1. The molecule has 11 nitrogen and oxygen atoms in total. The second-order valence-corrected chi connectivity index (χ2v) is 11.4. The lowest BCUT2D eigenvalue weighted by molar-refractivity contribution is -0.118. The Bertz CT molecular complexity index is 1990. The van der Waals surface area contributed by atoms with E-state index in [2.05, 4.69) is 39.9 Å². The van der Waals surface area contributed by atoms with Crippen LogP contribution in [-0.2, 0) is 11.3 Å². The standard InChI is InChI=1S/C30H32N6O5.C6H4/c1-18-23-10-12-27(38)36(28(23)34-30(33-18)35-14-13-31-17-24(35)19(2)37)22-8-6-21(7-9-22)29(39)32-16-20-5-11-25(40-3)26(15-20)41-4;1-2-6-4-3-5(1)6/h5-12,15,24,31H,13-14,16-17H2,1-4H3,(H,32,39);1-4H. The number of hydrogen-bond acceptors (Lipinski definition) is 9. The maximum atomic E-state index is 13.1. The Balaban J connectivity index is 0.000000570. The number of hydrogen-bond donors (Lipinski definition) is 2. The summed E-state index contributed by atoms with van der Waals surface area (Å²) < 4.78 is 12.1. The number of piperazine rings is 1. The number of carbonyl (C=O) groups excluding carboxylic acids is 2. The number of ether oxygens (including phenoxy) is 2. The van der Waals surface area contributed by atoms with E-state index in [1.807, 2.05) is 24.0 Å². The lowest BCUT2D eigenvalue weighted by atomic mass is 9.95. The quantitative estimate of drug-likeness (QED) is 0.255. The summed E-state index contributed by atoms with van der Waals surface area (Å²) in [4.78, 5) is 49.6. The molecule has 0 bridgehead atoms. The molecule has 4 aromatic rings. The number of pyridine rings is 1. The molecule has 2 aromatic heterocycles. The number of fused-ring (bicyclic) bond motifs is 2. The highest BCUT2D eigenvalue weighted by Crippen LogP contribution is 2.30. The van der Waals surface area contributed by atoms with E-state index in [0.29, 0.717) is 66.2 Å². The van der Waals surface area contributed by atoms with Gasteiger partial charge in [0.05, 0.1) is 25.6 Å². The van der Waals surface area contributed by atoms with Gasteiger partial charge in [-0.3, -0.25) is 19.0 Å². The van der Waals surface area contributed by atoms with Crippen molar-refractivity contribution in [3.63, 3.8) is 0 Å². The maximum absolute atomic E-state index is 13.1. The summed E-state index contributed by atoms with van der Waals surface area (Å²) >= 11 is 0. The zero-order chi connectivity index (χ0) is 33.1. The van der Waals surface area contributed by atoms with Crippen LogP contribution >= 0.6 is 0 Å². The molecular weight excluding hydrogens is 596 g/mol. The van der Waals surface area contributed by atoms with E-state index in [0.717, 1.165) is 10.9 Å². The summed E-state index contributed by atoms with van der Waals surface area (Å²) in [6.45, 7) is 5.49. The zero-order valence-electron chi connectivity index (χ0n) is 26.7. The van der Waals surface area contributed by atoms with Crippen molar-refractivity contribution < 1.29 is 19.1 Å². The first kappa shape index (κ1) is 31.4. The first-order chi connectivity index (χ1) is 22.8. The van der Waals surface area contributed by atoms with Crippen LogP contribution in [0.1, 0.15) is 28.5 Å². The molecule has 240 valence electrons. The maximum Gasteiger partial charge on any atom is 0.256 e. The van der Waals surface area contributed by atoms with Gasteiger partial charge >= 0.3 is 0 Å². The summed E-state index contributed by atoms with van der Waals surface area (Å²) in [7, 11) is 3.13. The van der Waals surface area contributed by atoms with Gasteiger partial charge in [-0.25, -0.2) is 4.98 Å². The molecule has 0 radical (unpaired) electrons. The Morgan fingerprint density at radius 3 is 2.23 bits per heavy atom. The molecule has 1 saturated heterocycles.